The van der Waals surface area contributed by atoms with Crippen LogP contribution in [-0.4, -0.2) is 23.2 Å². The Hall–Kier alpha value is -2.01. The average molecular weight is 275 g/mol. The minimum atomic E-state index is -0.380. The number of carbonyl (C=O) groups excluding carboxylic acids is 1. The van der Waals surface area contributed by atoms with Crippen LogP contribution in [-0.2, 0) is 10.5 Å². The highest BCUT2D eigenvalue weighted by Gasteiger charge is 2.12. The number of esters is 1. The number of ether oxygens (including phenoxy) is 1. The Morgan fingerprint density at radius 1 is 1.32 bits per heavy atom. The fourth-order valence-corrected chi connectivity index (χ4v) is 2.40. The van der Waals surface area contributed by atoms with Gasteiger partial charge in [-0.2, -0.15) is 0 Å². The molecule has 1 aromatic carbocycles. The maximum absolute atomic E-state index is 11.6. The number of phenols is 1. The minimum Gasteiger partial charge on any atom is -0.508 e. The third-order valence-electron chi connectivity index (χ3n) is 2.51. The lowest BCUT2D eigenvalue weighted by molar-refractivity contribution is 0.0599. The predicted molar refractivity (Wildman–Crippen MR) is 73.2 cm³/mol. The number of methoxy groups -OCH3 is 1. The summed E-state index contributed by atoms with van der Waals surface area (Å²) in [5.41, 5.74) is 1.17. The third kappa shape index (κ3) is 3.48. The lowest BCUT2D eigenvalue weighted by Gasteiger charge is -2.06. The molecule has 0 radical (unpaired) electrons. The van der Waals surface area contributed by atoms with Gasteiger partial charge in [0, 0.05) is 16.8 Å². The van der Waals surface area contributed by atoms with Gasteiger partial charge in [-0.05, 0) is 36.4 Å². The largest absolute Gasteiger partial charge is 0.508 e. The fourth-order valence-electron chi connectivity index (χ4n) is 1.54. The summed E-state index contributed by atoms with van der Waals surface area (Å²) in [5.74, 6) is 0.419. The van der Waals surface area contributed by atoms with E-state index in [0.29, 0.717) is 17.0 Å². The first-order valence-electron chi connectivity index (χ1n) is 5.64. The van der Waals surface area contributed by atoms with Crippen molar-refractivity contribution in [3.8, 4) is 5.75 Å². The van der Waals surface area contributed by atoms with E-state index in [1.165, 1.54) is 7.11 Å². The molecule has 0 spiro atoms. The number of aromatic nitrogens is 1. The van der Waals surface area contributed by atoms with Crippen LogP contribution >= 0.6 is 11.8 Å². The number of hydrogen-bond donors (Lipinski definition) is 1. The summed E-state index contributed by atoms with van der Waals surface area (Å²) >= 11 is 1.54. The van der Waals surface area contributed by atoms with Crippen LogP contribution in [0.3, 0.4) is 0 Å². The van der Waals surface area contributed by atoms with Crippen LogP contribution in [0.5, 0.6) is 5.75 Å². The summed E-state index contributed by atoms with van der Waals surface area (Å²) in [4.78, 5) is 16.8. The van der Waals surface area contributed by atoms with Crippen LogP contribution < -0.4 is 0 Å². The Bertz CT molecular complexity index is 569. The molecule has 1 heterocycles. The van der Waals surface area contributed by atoms with Gasteiger partial charge in [-0.15, -0.1) is 11.8 Å². The maximum Gasteiger partial charge on any atom is 0.339 e. The predicted octanol–water partition coefficient (Wildman–Crippen LogP) is 2.87. The Balaban J connectivity index is 2.11. The molecule has 4 nitrogen and oxygen atoms in total. The molecule has 2 rings (SSSR count). The number of carbonyl (C=O) groups is 1. The molecule has 98 valence electrons. The van der Waals surface area contributed by atoms with E-state index >= 15 is 0 Å². The number of rotatable bonds is 4. The van der Waals surface area contributed by atoms with Gasteiger partial charge in [0.25, 0.3) is 0 Å². The van der Waals surface area contributed by atoms with E-state index in [0.717, 1.165) is 4.90 Å². The molecule has 5 heteroatoms. The monoisotopic (exact) mass is 275 g/mol. The van der Waals surface area contributed by atoms with Gasteiger partial charge in [-0.1, -0.05) is 0 Å². The molecule has 0 aliphatic rings. The number of phenolic OH excluding ortho intramolecular Hbond substituents is 1. The number of benzene rings is 1. The number of pyridine rings is 1. The smallest absolute Gasteiger partial charge is 0.339 e. The molecule has 0 atom stereocenters. The van der Waals surface area contributed by atoms with Gasteiger partial charge in [0.2, 0.25) is 0 Å². The van der Waals surface area contributed by atoms with E-state index in [-0.39, 0.29) is 11.7 Å². The Morgan fingerprint density at radius 2 is 2.05 bits per heavy atom. The van der Waals surface area contributed by atoms with Crippen molar-refractivity contribution < 1.29 is 14.6 Å². The van der Waals surface area contributed by atoms with Crippen molar-refractivity contribution in [1.82, 2.24) is 4.98 Å². The molecule has 0 bridgehead atoms. The van der Waals surface area contributed by atoms with Gasteiger partial charge in [-0.25, -0.2) is 4.79 Å². The summed E-state index contributed by atoms with van der Waals surface area (Å²) in [6, 6.07) is 10.3. The normalized spacial score (nSPS) is 10.2. The zero-order valence-corrected chi connectivity index (χ0v) is 11.2. The standard InChI is InChI=1S/C14H13NO3S/c1-18-14(17)12-3-2-8-15-13(12)9-19-11-6-4-10(16)5-7-11/h2-8,16H,9H2,1H3. The first-order valence-corrected chi connectivity index (χ1v) is 6.63. The van der Waals surface area contributed by atoms with Crippen LogP contribution in [0.1, 0.15) is 16.1 Å². The molecular formula is C14H13NO3S. The Labute approximate surface area is 115 Å². The zero-order valence-electron chi connectivity index (χ0n) is 10.4. The summed E-state index contributed by atoms with van der Waals surface area (Å²) < 4.78 is 4.72. The molecule has 1 N–H and O–H groups in total. The van der Waals surface area contributed by atoms with Gasteiger partial charge in [0.1, 0.15) is 5.75 Å². The third-order valence-corrected chi connectivity index (χ3v) is 3.53. The van der Waals surface area contributed by atoms with Crippen molar-refractivity contribution in [3.63, 3.8) is 0 Å². The SMILES string of the molecule is COC(=O)c1cccnc1CSc1ccc(O)cc1. The lowest BCUT2D eigenvalue weighted by Crippen LogP contribution is -2.06. The number of thioether (sulfide) groups is 1. The molecule has 0 aliphatic heterocycles. The summed E-state index contributed by atoms with van der Waals surface area (Å²) in [7, 11) is 1.35. The van der Waals surface area contributed by atoms with Crippen LogP contribution in [0.4, 0.5) is 0 Å². The average Bonchev–Trinajstić information content (AvgIpc) is 2.46. The van der Waals surface area contributed by atoms with E-state index < -0.39 is 0 Å². The van der Waals surface area contributed by atoms with Crippen LogP contribution in [0.2, 0.25) is 0 Å². The summed E-state index contributed by atoms with van der Waals surface area (Å²) in [6.45, 7) is 0. The van der Waals surface area contributed by atoms with Gasteiger partial charge in [-0.3, -0.25) is 4.98 Å². The van der Waals surface area contributed by atoms with E-state index in [1.807, 2.05) is 12.1 Å². The number of nitrogens with zero attached hydrogens (tertiary/aromatic N) is 1. The fraction of sp³-hybridized carbons (Fsp3) is 0.143. The van der Waals surface area contributed by atoms with E-state index in [2.05, 4.69) is 4.98 Å². The molecule has 1 aromatic heterocycles. The van der Waals surface area contributed by atoms with Crippen LogP contribution in [0.15, 0.2) is 47.5 Å². The molecule has 0 fully saturated rings. The van der Waals surface area contributed by atoms with Crippen molar-refractivity contribution >= 4 is 17.7 Å². The first kappa shape index (κ1) is 13.4. The summed E-state index contributed by atoms with van der Waals surface area (Å²) in [6.07, 6.45) is 1.65. The van der Waals surface area contributed by atoms with E-state index in [9.17, 15) is 9.90 Å². The molecule has 0 aliphatic carbocycles. The summed E-state index contributed by atoms with van der Waals surface area (Å²) in [5, 5.41) is 9.21. The topological polar surface area (TPSA) is 59.4 Å². The van der Waals surface area contributed by atoms with E-state index in [1.54, 1.807) is 42.2 Å². The Morgan fingerprint density at radius 3 is 2.74 bits per heavy atom. The second-order valence-electron chi connectivity index (χ2n) is 3.77. The lowest BCUT2D eigenvalue weighted by atomic mass is 10.2. The molecular weight excluding hydrogens is 262 g/mol. The maximum atomic E-state index is 11.6. The van der Waals surface area contributed by atoms with Gasteiger partial charge >= 0.3 is 5.97 Å². The van der Waals surface area contributed by atoms with E-state index in [4.69, 9.17) is 4.74 Å². The second kappa shape index (κ2) is 6.24. The van der Waals surface area contributed by atoms with Crippen molar-refractivity contribution in [2.45, 2.75) is 10.6 Å². The van der Waals surface area contributed by atoms with Crippen molar-refractivity contribution in [1.29, 1.82) is 0 Å². The highest BCUT2D eigenvalue weighted by Crippen LogP contribution is 2.25. The molecule has 2 aromatic rings. The second-order valence-corrected chi connectivity index (χ2v) is 4.82. The van der Waals surface area contributed by atoms with Crippen LogP contribution in [0, 0.1) is 0 Å². The van der Waals surface area contributed by atoms with Crippen LogP contribution in [0.25, 0.3) is 0 Å². The minimum absolute atomic E-state index is 0.234. The van der Waals surface area contributed by atoms with Gasteiger partial charge in [0.15, 0.2) is 0 Å². The van der Waals surface area contributed by atoms with Gasteiger partial charge in [0.05, 0.1) is 18.4 Å². The molecule has 0 amide bonds. The number of aromatic hydroxyl groups is 1. The number of hydrogen-bond acceptors (Lipinski definition) is 5. The Kier molecular flexibility index (Phi) is 4.41. The zero-order chi connectivity index (χ0) is 13.7. The van der Waals surface area contributed by atoms with Gasteiger partial charge < -0.3 is 9.84 Å². The van der Waals surface area contributed by atoms with Crippen molar-refractivity contribution in [2.75, 3.05) is 7.11 Å². The molecule has 19 heavy (non-hydrogen) atoms. The quantitative estimate of drug-likeness (QED) is 0.686. The molecule has 0 unspecified atom stereocenters. The van der Waals surface area contributed by atoms with Crippen molar-refractivity contribution in [2.24, 2.45) is 0 Å². The molecule has 0 saturated heterocycles. The highest BCUT2D eigenvalue weighted by atomic mass is 32.2. The van der Waals surface area contributed by atoms with Crippen molar-refractivity contribution in [3.05, 3.63) is 53.9 Å². The molecule has 0 saturated carbocycles. The highest BCUT2D eigenvalue weighted by molar-refractivity contribution is 7.98. The first-order chi connectivity index (χ1) is 9.20.